The minimum Gasteiger partial charge on any atom is -0.350 e. The highest BCUT2D eigenvalue weighted by molar-refractivity contribution is 6.05. The number of carbonyl (C=O) groups is 3. The van der Waals surface area contributed by atoms with Crippen molar-refractivity contribution in [2.45, 2.75) is 71.4 Å². The van der Waals surface area contributed by atoms with E-state index in [-0.39, 0.29) is 23.8 Å². The number of anilines is 1. The molecule has 0 aromatic heterocycles. The molecule has 6 heteroatoms. The number of hydrogen-bond acceptors (Lipinski definition) is 3. The van der Waals surface area contributed by atoms with E-state index in [4.69, 9.17) is 0 Å². The Labute approximate surface area is 161 Å². The highest BCUT2D eigenvalue weighted by Crippen LogP contribution is 2.26. The standard InChI is InChI=1S/C21H31N3O3/c1-14(2)22-21(27)17-11-7-8-12-18(17)24-20(26)15(3)23-19(25)13-16-9-5-4-6-10-16/h7-8,11-12,14-16H,4-6,9-10,13H2,1-3H3,(H,22,27)(H,23,25)(H,24,26). The van der Waals surface area contributed by atoms with E-state index in [1.54, 1.807) is 31.2 Å². The Kier molecular flexibility index (Phi) is 7.82. The van der Waals surface area contributed by atoms with Crippen molar-refractivity contribution in [3.8, 4) is 0 Å². The largest absolute Gasteiger partial charge is 0.350 e. The first-order valence-electron chi connectivity index (χ1n) is 9.87. The van der Waals surface area contributed by atoms with Gasteiger partial charge in [-0.15, -0.1) is 0 Å². The Hall–Kier alpha value is -2.37. The number of rotatable bonds is 7. The molecule has 1 atom stereocenters. The second-order valence-electron chi connectivity index (χ2n) is 7.66. The summed E-state index contributed by atoms with van der Waals surface area (Å²) in [7, 11) is 0. The average molecular weight is 373 g/mol. The molecule has 1 aromatic carbocycles. The minimum absolute atomic E-state index is 0.000688. The molecule has 3 N–H and O–H groups in total. The van der Waals surface area contributed by atoms with Crippen LogP contribution < -0.4 is 16.0 Å². The lowest BCUT2D eigenvalue weighted by atomic mass is 9.87. The van der Waals surface area contributed by atoms with Gasteiger partial charge < -0.3 is 16.0 Å². The van der Waals surface area contributed by atoms with Gasteiger partial charge in [-0.25, -0.2) is 0 Å². The van der Waals surface area contributed by atoms with Crippen LogP contribution in [-0.4, -0.2) is 29.8 Å². The number of hydrogen-bond donors (Lipinski definition) is 3. The third kappa shape index (κ3) is 6.70. The highest BCUT2D eigenvalue weighted by Gasteiger charge is 2.21. The van der Waals surface area contributed by atoms with Crippen LogP contribution in [0.2, 0.25) is 0 Å². The zero-order valence-electron chi connectivity index (χ0n) is 16.5. The molecule has 27 heavy (non-hydrogen) atoms. The van der Waals surface area contributed by atoms with Crippen LogP contribution in [-0.2, 0) is 9.59 Å². The van der Waals surface area contributed by atoms with E-state index < -0.39 is 6.04 Å². The van der Waals surface area contributed by atoms with E-state index in [0.29, 0.717) is 23.6 Å². The molecule has 3 amide bonds. The molecule has 6 nitrogen and oxygen atoms in total. The normalized spacial score (nSPS) is 15.9. The molecule has 1 saturated carbocycles. The van der Waals surface area contributed by atoms with Crippen LogP contribution in [0.4, 0.5) is 5.69 Å². The average Bonchev–Trinajstić information content (AvgIpc) is 2.62. The van der Waals surface area contributed by atoms with Crippen LogP contribution in [0.25, 0.3) is 0 Å². The first kappa shape index (κ1) is 20.9. The molecule has 0 heterocycles. The van der Waals surface area contributed by atoms with Gasteiger partial charge in [-0.2, -0.15) is 0 Å². The van der Waals surface area contributed by atoms with Crippen molar-refractivity contribution in [3.63, 3.8) is 0 Å². The molecule has 1 fully saturated rings. The summed E-state index contributed by atoms with van der Waals surface area (Å²) < 4.78 is 0. The Balaban J connectivity index is 1.92. The van der Waals surface area contributed by atoms with Gasteiger partial charge in [-0.3, -0.25) is 14.4 Å². The second-order valence-corrected chi connectivity index (χ2v) is 7.66. The van der Waals surface area contributed by atoms with Crippen LogP contribution in [0, 0.1) is 5.92 Å². The highest BCUT2D eigenvalue weighted by atomic mass is 16.2. The molecule has 0 saturated heterocycles. The van der Waals surface area contributed by atoms with Gasteiger partial charge in [0, 0.05) is 12.5 Å². The predicted octanol–water partition coefficient (Wildman–Crippen LogP) is 3.24. The minimum atomic E-state index is -0.665. The summed E-state index contributed by atoms with van der Waals surface area (Å²) in [5.41, 5.74) is 0.842. The van der Waals surface area contributed by atoms with E-state index in [2.05, 4.69) is 16.0 Å². The van der Waals surface area contributed by atoms with Gasteiger partial charge in [-0.05, 0) is 51.7 Å². The molecule has 1 aromatic rings. The fraction of sp³-hybridized carbons (Fsp3) is 0.571. The molecule has 0 radical (unpaired) electrons. The summed E-state index contributed by atoms with van der Waals surface area (Å²) in [6.45, 7) is 5.41. The zero-order valence-corrected chi connectivity index (χ0v) is 16.5. The molecular formula is C21H31N3O3. The SMILES string of the molecule is CC(C)NC(=O)c1ccccc1NC(=O)C(C)NC(=O)CC1CCCCC1. The van der Waals surface area contributed by atoms with E-state index in [0.717, 1.165) is 12.8 Å². The van der Waals surface area contributed by atoms with Gasteiger partial charge in [0.2, 0.25) is 11.8 Å². The van der Waals surface area contributed by atoms with E-state index >= 15 is 0 Å². The molecule has 148 valence electrons. The zero-order chi connectivity index (χ0) is 19.8. The fourth-order valence-corrected chi connectivity index (χ4v) is 3.39. The third-order valence-corrected chi connectivity index (χ3v) is 4.82. The molecule has 1 aliphatic carbocycles. The number of amides is 3. The summed E-state index contributed by atoms with van der Waals surface area (Å²) in [5, 5.41) is 8.36. The van der Waals surface area contributed by atoms with Crippen molar-refractivity contribution in [1.29, 1.82) is 0 Å². The maximum absolute atomic E-state index is 12.5. The van der Waals surface area contributed by atoms with Crippen molar-refractivity contribution in [2.75, 3.05) is 5.32 Å². The van der Waals surface area contributed by atoms with Gasteiger partial charge in [0.1, 0.15) is 6.04 Å². The van der Waals surface area contributed by atoms with Crippen LogP contribution >= 0.6 is 0 Å². The van der Waals surface area contributed by atoms with Gasteiger partial charge in [0.15, 0.2) is 0 Å². The molecule has 1 unspecified atom stereocenters. The molecule has 0 bridgehead atoms. The summed E-state index contributed by atoms with van der Waals surface area (Å²) in [6, 6.07) is 6.19. The fourth-order valence-electron chi connectivity index (χ4n) is 3.39. The predicted molar refractivity (Wildman–Crippen MR) is 106 cm³/mol. The van der Waals surface area contributed by atoms with E-state index in [9.17, 15) is 14.4 Å². The molecule has 0 aliphatic heterocycles. The van der Waals surface area contributed by atoms with Crippen LogP contribution in [0.5, 0.6) is 0 Å². The number of carbonyl (C=O) groups excluding carboxylic acids is 3. The molecule has 1 aliphatic rings. The monoisotopic (exact) mass is 373 g/mol. The van der Waals surface area contributed by atoms with E-state index in [1.807, 2.05) is 13.8 Å². The van der Waals surface area contributed by atoms with Gasteiger partial charge in [0.25, 0.3) is 5.91 Å². The first-order valence-corrected chi connectivity index (χ1v) is 9.87. The van der Waals surface area contributed by atoms with Gasteiger partial charge >= 0.3 is 0 Å². The first-order chi connectivity index (χ1) is 12.9. The third-order valence-electron chi connectivity index (χ3n) is 4.82. The van der Waals surface area contributed by atoms with Gasteiger partial charge in [0.05, 0.1) is 11.3 Å². The Morgan fingerprint density at radius 2 is 1.67 bits per heavy atom. The maximum Gasteiger partial charge on any atom is 0.253 e. The van der Waals surface area contributed by atoms with Crippen molar-refractivity contribution in [2.24, 2.45) is 5.92 Å². The number of benzene rings is 1. The number of nitrogens with one attached hydrogen (secondary N) is 3. The van der Waals surface area contributed by atoms with Crippen molar-refractivity contribution in [1.82, 2.24) is 10.6 Å². The van der Waals surface area contributed by atoms with Crippen LogP contribution in [0.1, 0.15) is 69.7 Å². The summed E-state index contributed by atoms with van der Waals surface area (Å²) in [4.78, 5) is 37.0. The second kappa shape index (κ2) is 10.1. The summed E-state index contributed by atoms with van der Waals surface area (Å²) in [5.74, 6) is -0.239. The molecule has 0 spiro atoms. The summed E-state index contributed by atoms with van der Waals surface area (Å²) >= 11 is 0. The lowest BCUT2D eigenvalue weighted by Gasteiger charge is -2.22. The van der Waals surface area contributed by atoms with Crippen molar-refractivity contribution < 1.29 is 14.4 Å². The smallest absolute Gasteiger partial charge is 0.253 e. The van der Waals surface area contributed by atoms with Crippen molar-refractivity contribution in [3.05, 3.63) is 29.8 Å². The lowest BCUT2D eigenvalue weighted by Crippen LogP contribution is -2.42. The Bertz CT molecular complexity index is 666. The number of para-hydroxylation sites is 1. The van der Waals surface area contributed by atoms with Crippen LogP contribution in [0.15, 0.2) is 24.3 Å². The Morgan fingerprint density at radius 1 is 1.00 bits per heavy atom. The van der Waals surface area contributed by atoms with Crippen LogP contribution in [0.3, 0.4) is 0 Å². The maximum atomic E-state index is 12.5. The van der Waals surface area contributed by atoms with E-state index in [1.165, 1.54) is 19.3 Å². The van der Waals surface area contributed by atoms with Crippen molar-refractivity contribution >= 4 is 23.4 Å². The van der Waals surface area contributed by atoms with Gasteiger partial charge in [-0.1, -0.05) is 31.4 Å². The lowest BCUT2D eigenvalue weighted by molar-refractivity contribution is -0.127. The molecule has 2 rings (SSSR count). The Morgan fingerprint density at radius 3 is 2.33 bits per heavy atom. The summed E-state index contributed by atoms with van der Waals surface area (Å²) in [6.07, 6.45) is 6.27. The molecular weight excluding hydrogens is 342 g/mol. The quantitative estimate of drug-likeness (QED) is 0.686. The topological polar surface area (TPSA) is 87.3 Å².